The van der Waals surface area contributed by atoms with Gasteiger partial charge in [-0.1, -0.05) is 0 Å². The molecule has 3 nitrogen and oxygen atoms in total. The summed E-state index contributed by atoms with van der Waals surface area (Å²) in [4.78, 5) is 0. The lowest BCUT2D eigenvalue weighted by atomic mass is 10.1. The van der Waals surface area contributed by atoms with Crippen molar-refractivity contribution in [3.05, 3.63) is 41.2 Å². The first kappa shape index (κ1) is 8.73. The minimum Gasteiger partial charge on any atom is -0.464 e. The van der Waals surface area contributed by atoms with Crippen LogP contribution < -0.4 is 0 Å². The normalized spacial score (nSPS) is 11.0. The van der Waals surface area contributed by atoms with Crippen molar-refractivity contribution in [2.24, 2.45) is 0 Å². The van der Waals surface area contributed by atoms with Gasteiger partial charge in [0.15, 0.2) is 0 Å². The third-order valence-electron chi connectivity index (χ3n) is 2.31. The van der Waals surface area contributed by atoms with E-state index in [9.17, 15) is 0 Å². The van der Waals surface area contributed by atoms with E-state index in [1.807, 2.05) is 30.3 Å². The minimum absolute atomic E-state index is 0.866. The summed E-state index contributed by atoms with van der Waals surface area (Å²) in [7, 11) is 0. The van der Waals surface area contributed by atoms with Gasteiger partial charge in [0, 0.05) is 10.9 Å². The third kappa shape index (κ3) is 1.37. The predicted octanol–water partition coefficient (Wildman–Crippen LogP) is 3.59. The maximum Gasteiger partial charge on any atom is 0.133 e. The minimum atomic E-state index is 0.866. The van der Waals surface area contributed by atoms with Crippen LogP contribution in [0.4, 0.5) is 0 Å². The van der Waals surface area contributed by atoms with E-state index in [1.165, 1.54) is 0 Å². The zero-order valence-electron chi connectivity index (χ0n) is 7.70. The van der Waals surface area contributed by atoms with Crippen molar-refractivity contribution in [3.63, 3.8) is 0 Å². The first-order valence-corrected chi connectivity index (χ1v) is 5.31. The van der Waals surface area contributed by atoms with Crippen molar-refractivity contribution < 1.29 is 4.42 Å². The number of furan rings is 1. The van der Waals surface area contributed by atoms with Crippen LogP contribution in [0, 0.1) is 0 Å². The van der Waals surface area contributed by atoms with Gasteiger partial charge in [0.05, 0.1) is 11.8 Å². The highest BCUT2D eigenvalue weighted by atomic mass is 79.9. The third-order valence-corrected chi connectivity index (χ3v) is 2.92. The number of H-pyrrole nitrogens is 1. The maximum absolute atomic E-state index is 5.34. The zero-order chi connectivity index (χ0) is 10.3. The van der Waals surface area contributed by atoms with E-state index in [4.69, 9.17) is 4.42 Å². The molecule has 0 aliphatic carbocycles. The van der Waals surface area contributed by atoms with Gasteiger partial charge in [0.2, 0.25) is 0 Å². The molecule has 0 unspecified atom stereocenters. The van der Waals surface area contributed by atoms with E-state index < -0.39 is 0 Å². The van der Waals surface area contributed by atoms with E-state index in [0.29, 0.717) is 0 Å². The van der Waals surface area contributed by atoms with Crippen LogP contribution in [0.15, 0.2) is 45.6 Å². The van der Waals surface area contributed by atoms with Crippen LogP contribution in [0.3, 0.4) is 0 Å². The van der Waals surface area contributed by atoms with Crippen LogP contribution in [0.1, 0.15) is 0 Å². The van der Waals surface area contributed by atoms with Crippen molar-refractivity contribution in [1.29, 1.82) is 0 Å². The fraction of sp³-hybridized carbons (Fsp3) is 0. The standard InChI is InChI=1S/C11H7BrN2O/c12-11-8-6-7(10-2-1-5-15-10)3-4-9(8)13-14-11/h1-6H,(H,13,14). The molecule has 0 aliphatic rings. The topological polar surface area (TPSA) is 41.8 Å². The fourth-order valence-corrected chi connectivity index (χ4v) is 1.98. The number of nitrogens with zero attached hydrogens (tertiary/aromatic N) is 1. The summed E-state index contributed by atoms with van der Waals surface area (Å²) in [6.45, 7) is 0. The number of fused-ring (bicyclic) bond motifs is 1. The second-order valence-corrected chi connectivity index (χ2v) is 4.04. The molecule has 0 bridgehead atoms. The number of benzene rings is 1. The van der Waals surface area contributed by atoms with Gasteiger partial charge in [0.1, 0.15) is 10.4 Å². The fourth-order valence-electron chi connectivity index (χ4n) is 1.57. The lowest BCUT2D eigenvalue weighted by molar-refractivity contribution is 0.582. The van der Waals surface area contributed by atoms with Gasteiger partial charge in [-0.3, -0.25) is 5.10 Å². The highest BCUT2D eigenvalue weighted by molar-refractivity contribution is 9.10. The van der Waals surface area contributed by atoms with Gasteiger partial charge < -0.3 is 4.42 Å². The highest BCUT2D eigenvalue weighted by Crippen LogP contribution is 2.27. The molecular formula is C11H7BrN2O. The molecule has 3 aromatic rings. The van der Waals surface area contributed by atoms with Gasteiger partial charge >= 0.3 is 0 Å². The number of aromatic nitrogens is 2. The zero-order valence-corrected chi connectivity index (χ0v) is 9.28. The molecule has 0 saturated carbocycles. The van der Waals surface area contributed by atoms with Gasteiger partial charge in [-0.25, -0.2) is 0 Å². The predicted molar refractivity (Wildman–Crippen MR) is 61.5 cm³/mol. The van der Waals surface area contributed by atoms with E-state index in [-0.39, 0.29) is 0 Å². The molecule has 2 aromatic heterocycles. The monoisotopic (exact) mass is 262 g/mol. The molecule has 4 heteroatoms. The molecule has 3 rings (SSSR count). The molecule has 0 spiro atoms. The lowest BCUT2D eigenvalue weighted by Crippen LogP contribution is -1.74. The number of halogens is 1. The van der Waals surface area contributed by atoms with Crippen LogP contribution in [0.25, 0.3) is 22.2 Å². The molecule has 0 fully saturated rings. The summed E-state index contributed by atoms with van der Waals surface area (Å²) in [5.41, 5.74) is 1.99. The van der Waals surface area contributed by atoms with Gasteiger partial charge in [-0.15, -0.1) is 0 Å². The quantitative estimate of drug-likeness (QED) is 0.729. The van der Waals surface area contributed by atoms with Gasteiger partial charge in [-0.05, 0) is 46.3 Å². The van der Waals surface area contributed by atoms with Crippen molar-refractivity contribution in [2.45, 2.75) is 0 Å². The van der Waals surface area contributed by atoms with Crippen LogP contribution in [-0.2, 0) is 0 Å². The Bertz CT molecular complexity index is 598. The summed E-state index contributed by atoms with van der Waals surface area (Å²) in [6, 6.07) is 9.82. The van der Waals surface area contributed by atoms with Gasteiger partial charge in [-0.2, -0.15) is 5.10 Å². The molecule has 0 saturated heterocycles. The lowest BCUT2D eigenvalue weighted by Gasteiger charge is -1.96. The molecule has 15 heavy (non-hydrogen) atoms. The summed E-state index contributed by atoms with van der Waals surface area (Å²) < 4.78 is 6.23. The summed E-state index contributed by atoms with van der Waals surface area (Å²) >= 11 is 3.42. The Balaban J connectivity index is 2.25. The van der Waals surface area contributed by atoms with Crippen LogP contribution >= 0.6 is 15.9 Å². The van der Waals surface area contributed by atoms with Crippen molar-refractivity contribution >= 4 is 26.8 Å². The molecule has 74 valence electrons. The number of nitrogens with one attached hydrogen (secondary N) is 1. The maximum atomic E-state index is 5.34. The Kier molecular flexibility index (Phi) is 1.89. The van der Waals surface area contributed by atoms with Gasteiger partial charge in [0.25, 0.3) is 0 Å². The number of hydrogen-bond acceptors (Lipinski definition) is 2. The smallest absolute Gasteiger partial charge is 0.133 e. The Labute approximate surface area is 94.2 Å². The molecular weight excluding hydrogens is 256 g/mol. The van der Waals surface area contributed by atoms with E-state index in [0.717, 1.165) is 26.8 Å². The largest absolute Gasteiger partial charge is 0.464 e. The number of aromatic amines is 1. The van der Waals surface area contributed by atoms with E-state index in [1.54, 1.807) is 6.26 Å². The summed E-state index contributed by atoms with van der Waals surface area (Å²) in [5, 5.41) is 8.08. The van der Waals surface area contributed by atoms with Crippen molar-refractivity contribution in [3.8, 4) is 11.3 Å². The molecule has 0 radical (unpaired) electrons. The molecule has 1 N–H and O–H groups in total. The highest BCUT2D eigenvalue weighted by Gasteiger charge is 2.06. The molecule has 0 aliphatic heterocycles. The molecule has 2 heterocycles. The first-order chi connectivity index (χ1) is 7.34. The first-order valence-electron chi connectivity index (χ1n) is 4.52. The van der Waals surface area contributed by atoms with Crippen molar-refractivity contribution in [1.82, 2.24) is 10.2 Å². The average Bonchev–Trinajstić information content (AvgIpc) is 2.88. The second-order valence-electron chi connectivity index (χ2n) is 3.25. The van der Waals surface area contributed by atoms with E-state index in [2.05, 4.69) is 26.1 Å². The Morgan fingerprint density at radius 3 is 3.00 bits per heavy atom. The number of hydrogen-bond donors (Lipinski definition) is 1. The molecule has 1 aromatic carbocycles. The average molecular weight is 263 g/mol. The molecule has 0 atom stereocenters. The Morgan fingerprint density at radius 2 is 2.20 bits per heavy atom. The summed E-state index contributed by atoms with van der Waals surface area (Å²) in [6.07, 6.45) is 1.67. The Hall–Kier alpha value is -1.55. The van der Waals surface area contributed by atoms with Crippen molar-refractivity contribution in [2.75, 3.05) is 0 Å². The van der Waals surface area contributed by atoms with Crippen LogP contribution in [0.2, 0.25) is 0 Å². The van der Waals surface area contributed by atoms with E-state index >= 15 is 0 Å². The van der Waals surface area contributed by atoms with Crippen LogP contribution in [0.5, 0.6) is 0 Å². The number of rotatable bonds is 1. The SMILES string of the molecule is Brc1[nH]nc2ccc(-c3ccco3)cc12. The molecule has 0 amide bonds. The van der Waals surface area contributed by atoms with Crippen LogP contribution in [-0.4, -0.2) is 10.2 Å². The second kappa shape index (κ2) is 3.24. The summed E-state index contributed by atoms with van der Waals surface area (Å²) in [5.74, 6) is 0.866. The Morgan fingerprint density at radius 1 is 1.27 bits per heavy atom.